The van der Waals surface area contributed by atoms with E-state index in [1.165, 1.54) is 36.3 Å². The van der Waals surface area contributed by atoms with E-state index in [1.807, 2.05) is 0 Å². The molecule has 0 bridgehead atoms. The number of alkyl halides is 3. The molecule has 0 fully saturated rings. The number of Topliss-reactive ketones (excluding diaryl/α,β-unsaturated/α-hetero) is 1. The van der Waals surface area contributed by atoms with Crippen LogP contribution in [0.2, 0.25) is 0 Å². The molecule has 0 saturated carbocycles. The predicted octanol–water partition coefficient (Wildman–Crippen LogP) is 5.60. The van der Waals surface area contributed by atoms with Crippen molar-refractivity contribution in [3.05, 3.63) is 118 Å². The molecular formula is C33H28F4N2O6. The van der Waals surface area contributed by atoms with Crippen LogP contribution in [0.15, 0.2) is 95.5 Å². The van der Waals surface area contributed by atoms with Gasteiger partial charge < -0.3 is 19.9 Å². The first kappa shape index (κ1) is 31.3. The summed E-state index contributed by atoms with van der Waals surface area (Å²) in [5, 5.41) is 0. The highest BCUT2D eigenvalue weighted by atomic mass is 19.4. The summed E-state index contributed by atoms with van der Waals surface area (Å²) in [5.41, 5.74) is 6.22. The van der Waals surface area contributed by atoms with Gasteiger partial charge in [-0.2, -0.15) is 13.2 Å². The minimum atomic E-state index is -4.71. The molecule has 0 saturated heterocycles. The minimum absolute atomic E-state index is 0.0732. The van der Waals surface area contributed by atoms with E-state index in [2.05, 4.69) is 0 Å². The van der Waals surface area contributed by atoms with Crippen molar-refractivity contribution in [1.82, 2.24) is 0 Å². The molecule has 12 heteroatoms. The van der Waals surface area contributed by atoms with Crippen LogP contribution >= 0.6 is 0 Å². The molecule has 0 radical (unpaired) electrons. The Hall–Kier alpha value is -5.13. The van der Waals surface area contributed by atoms with E-state index in [4.69, 9.17) is 19.9 Å². The van der Waals surface area contributed by atoms with Crippen LogP contribution in [-0.2, 0) is 30.0 Å². The number of halogens is 4. The molecule has 8 nitrogen and oxygen atoms in total. The van der Waals surface area contributed by atoms with Gasteiger partial charge in [-0.05, 0) is 60.0 Å². The Labute approximate surface area is 255 Å². The van der Waals surface area contributed by atoms with Crippen LogP contribution in [0.4, 0.5) is 23.2 Å². The fourth-order valence-corrected chi connectivity index (χ4v) is 6.00. The van der Waals surface area contributed by atoms with Crippen LogP contribution in [0.3, 0.4) is 0 Å². The molecule has 3 aromatic rings. The van der Waals surface area contributed by atoms with Crippen molar-refractivity contribution in [3.63, 3.8) is 0 Å². The number of benzene rings is 3. The second-order valence-corrected chi connectivity index (χ2v) is 10.5. The van der Waals surface area contributed by atoms with Crippen LogP contribution in [0.25, 0.3) is 0 Å². The second kappa shape index (κ2) is 12.1. The van der Waals surface area contributed by atoms with Gasteiger partial charge in [0.2, 0.25) is 0 Å². The average Bonchev–Trinajstić information content (AvgIpc) is 3.03. The van der Waals surface area contributed by atoms with E-state index in [-0.39, 0.29) is 40.3 Å². The first-order chi connectivity index (χ1) is 21.4. The third kappa shape index (κ3) is 5.63. The molecule has 0 amide bonds. The molecule has 2 aliphatic rings. The van der Waals surface area contributed by atoms with Crippen molar-refractivity contribution in [2.45, 2.75) is 24.4 Å². The zero-order valence-electron chi connectivity index (χ0n) is 24.4. The van der Waals surface area contributed by atoms with Gasteiger partial charge >= 0.3 is 18.1 Å². The Balaban J connectivity index is 1.83. The number of carbonyl (C=O) groups is 3. The van der Waals surface area contributed by atoms with Gasteiger partial charge in [0.1, 0.15) is 23.3 Å². The van der Waals surface area contributed by atoms with Crippen molar-refractivity contribution in [1.29, 1.82) is 0 Å². The third-order valence-corrected chi connectivity index (χ3v) is 8.08. The topological polar surface area (TPSA) is 108 Å². The summed E-state index contributed by atoms with van der Waals surface area (Å²) in [6.07, 6.45) is -4.79. The highest BCUT2D eigenvalue weighted by Gasteiger charge is 2.51. The van der Waals surface area contributed by atoms with Gasteiger partial charge in [0.15, 0.2) is 5.78 Å². The van der Waals surface area contributed by atoms with Crippen LogP contribution in [-0.4, -0.2) is 39.1 Å². The highest BCUT2D eigenvalue weighted by Crippen LogP contribution is 2.52. The van der Waals surface area contributed by atoms with E-state index >= 15 is 0 Å². The van der Waals surface area contributed by atoms with Gasteiger partial charge in [-0.25, -0.2) is 9.18 Å². The first-order valence-electron chi connectivity index (χ1n) is 13.7. The number of hydrogen-bond donors (Lipinski definition) is 1. The molecule has 3 atom stereocenters. The van der Waals surface area contributed by atoms with Crippen LogP contribution in [0, 0.1) is 11.7 Å². The maximum absolute atomic E-state index is 14.6. The van der Waals surface area contributed by atoms with Crippen LogP contribution in [0.5, 0.6) is 5.75 Å². The molecule has 5 rings (SSSR count). The average molecular weight is 625 g/mol. The van der Waals surface area contributed by atoms with Crippen molar-refractivity contribution in [2.75, 3.05) is 26.2 Å². The number of esters is 2. The summed E-state index contributed by atoms with van der Waals surface area (Å²) in [5.74, 6) is -6.39. The summed E-state index contributed by atoms with van der Waals surface area (Å²) < 4.78 is 70.8. The number of allylic oxidation sites excluding steroid dienone is 2. The monoisotopic (exact) mass is 624 g/mol. The summed E-state index contributed by atoms with van der Waals surface area (Å²) >= 11 is 0. The summed E-state index contributed by atoms with van der Waals surface area (Å²) in [6, 6.07) is 15.9. The quantitative estimate of drug-likeness (QED) is 0.215. The molecular weight excluding hydrogens is 596 g/mol. The molecule has 0 spiro atoms. The predicted molar refractivity (Wildman–Crippen MR) is 154 cm³/mol. The van der Waals surface area contributed by atoms with Gasteiger partial charge in [-0.15, -0.1) is 0 Å². The smallest absolute Gasteiger partial charge is 0.416 e. The van der Waals surface area contributed by atoms with Crippen LogP contribution in [0.1, 0.15) is 34.9 Å². The number of nitrogens with two attached hydrogens (primary N) is 1. The van der Waals surface area contributed by atoms with Gasteiger partial charge in [0, 0.05) is 22.9 Å². The van der Waals surface area contributed by atoms with Gasteiger partial charge in [-0.3, -0.25) is 14.5 Å². The molecule has 234 valence electrons. The van der Waals surface area contributed by atoms with Gasteiger partial charge in [0.05, 0.1) is 38.4 Å². The lowest BCUT2D eigenvalue weighted by Crippen LogP contribution is -2.46. The zero-order chi connectivity index (χ0) is 32.6. The maximum atomic E-state index is 14.6. The Morgan fingerprint density at radius 1 is 0.911 bits per heavy atom. The SMILES string of the molecule is COC(=O)C1=C(N)N(c2cccc(C(F)(F)F)c2)C2=C(C(=O)[C@H](C(=O)OC)[C@@H](c3ccc(OC)cc3)C2)[C@@H]1c1ccc(F)cc1. The molecule has 45 heavy (non-hydrogen) atoms. The number of ketones is 1. The number of anilines is 1. The lowest BCUT2D eigenvalue weighted by molar-refractivity contribution is -0.150. The zero-order valence-corrected chi connectivity index (χ0v) is 24.4. The lowest BCUT2D eigenvalue weighted by Gasteiger charge is -2.44. The fourth-order valence-electron chi connectivity index (χ4n) is 6.00. The third-order valence-electron chi connectivity index (χ3n) is 8.08. The molecule has 0 unspecified atom stereocenters. The van der Waals surface area contributed by atoms with Crippen molar-refractivity contribution in [3.8, 4) is 5.75 Å². The largest absolute Gasteiger partial charge is 0.497 e. The highest BCUT2D eigenvalue weighted by molar-refractivity contribution is 6.14. The number of methoxy groups -OCH3 is 3. The van der Waals surface area contributed by atoms with Crippen LogP contribution < -0.4 is 15.4 Å². The molecule has 1 aliphatic carbocycles. The Kier molecular flexibility index (Phi) is 8.42. The van der Waals surface area contributed by atoms with Crippen molar-refractivity contribution in [2.24, 2.45) is 11.7 Å². The fraction of sp³-hybridized carbons (Fsp3) is 0.242. The molecule has 3 aromatic carbocycles. The molecule has 1 aliphatic heterocycles. The van der Waals surface area contributed by atoms with Gasteiger partial charge in [0.25, 0.3) is 0 Å². The second-order valence-electron chi connectivity index (χ2n) is 10.5. The van der Waals surface area contributed by atoms with Crippen molar-refractivity contribution < 1.29 is 46.2 Å². The van der Waals surface area contributed by atoms with Crippen molar-refractivity contribution >= 4 is 23.4 Å². The number of carbonyl (C=O) groups excluding carboxylic acids is 3. The first-order valence-corrected chi connectivity index (χ1v) is 13.7. The summed E-state index contributed by atoms with van der Waals surface area (Å²) in [4.78, 5) is 42.5. The van der Waals surface area contributed by atoms with E-state index < -0.39 is 53.0 Å². The summed E-state index contributed by atoms with van der Waals surface area (Å²) in [6.45, 7) is 0. The number of rotatable bonds is 6. The summed E-state index contributed by atoms with van der Waals surface area (Å²) in [7, 11) is 3.70. The standard InChI is InChI=1S/C33H28F4N2O6/c1-43-22-13-9-17(10-14-22)23-16-24-27(29(40)26(23)31(41)44-2)25(18-7-11-20(34)12-8-18)28(32(42)45-3)30(38)39(24)21-6-4-5-19(15-21)33(35,36)37/h4-15,23,25-26H,16,38H2,1-3H3/t23-,25+,26-/m1/s1. The van der Waals surface area contributed by atoms with E-state index in [1.54, 1.807) is 24.3 Å². The molecule has 0 aromatic heterocycles. The lowest BCUT2D eigenvalue weighted by atomic mass is 9.67. The minimum Gasteiger partial charge on any atom is -0.497 e. The molecule has 2 N–H and O–H groups in total. The Morgan fingerprint density at radius 2 is 1.56 bits per heavy atom. The van der Waals surface area contributed by atoms with E-state index in [9.17, 15) is 31.9 Å². The van der Waals surface area contributed by atoms with E-state index in [0.29, 0.717) is 11.3 Å². The maximum Gasteiger partial charge on any atom is 0.416 e. The normalized spacial score (nSPS) is 20.1. The Morgan fingerprint density at radius 3 is 2.13 bits per heavy atom. The number of hydrogen-bond acceptors (Lipinski definition) is 8. The van der Waals surface area contributed by atoms with Gasteiger partial charge in [-0.1, -0.05) is 30.3 Å². The number of nitrogens with zero attached hydrogens (tertiary/aromatic N) is 1. The molecule has 1 heterocycles. The Bertz CT molecular complexity index is 1710. The number of ether oxygens (including phenoxy) is 3. The van der Waals surface area contributed by atoms with E-state index in [0.717, 1.165) is 38.5 Å².